The molecule has 1 aliphatic heterocycles. The number of rotatable bonds is 6. The Kier molecular flexibility index (Phi) is 6.63. The molecule has 0 saturated carbocycles. The third-order valence-corrected chi connectivity index (χ3v) is 6.39. The number of hydrogen-bond donors (Lipinski definition) is 0. The highest BCUT2D eigenvalue weighted by molar-refractivity contribution is 6.30. The Labute approximate surface area is 209 Å². The predicted octanol–water partition coefficient (Wildman–Crippen LogP) is 7.47. The van der Waals surface area contributed by atoms with Crippen molar-refractivity contribution in [3.63, 3.8) is 0 Å². The normalized spacial score (nSPS) is 15.2. The van der Waals surface area contributed by atoms with Crippen molar-refractivity contribution in [3.8, 4) is 16.9 Å². The topological polar surface area (TPSA) is 29.5 Å². The van der Waals surface area contributed by atoms with Gasteiger partial charge in [0.05, 0.1) is 0 Å². The molecule has 5 heteroatoms. The lowest BCUT2D eigenvalue weighted by Crippen LogP contribution is -2.36. The first-order valence-corrected chi connectivity index (χ1v) is 11.8. The molecule has 1 heterocycles. The van der Waals surface area contributed by atoms with Gasteiger partial charge in [-0.05, 0) is 53.8 Å². The molecule has 4 aromatic carbocycles. The van der Waals surface area contributed by atoms with E-state index in [1.54, 1.807) is 29.2 Å². The summed E-state index contributed by atoms with van der Waals surface area (Å²) < 4.78 is 30.9. The molecule has 0 saturated heterocycles. The summed E-state index contributed by atoms with van der Waals surface area (Å²) in [5.74, 6) is -0.166. The number of fused-ring (bicyclic) bond motifs is 1. The number of para-hydroxylation sites is 2. The number of alkyl halides is 2. The zero-order valence-corrected chi connectivity index (χ0v) is 19.8. The van der Waals surface area contributed by atoms with E-state index in [2.05, 4.69) is 0 Å². The van der Waals surface area contributed by atoms with E-state index >= 15 is 0 Å². The van der Waals surface area contributed by atoms with Crippen molar-refractivity contribution in [1.29, 1.82) is 0 Å². The van der Waals surface area contributed by atoms with Crippen molar-refractivity contribution in [3.05, 3.63) is 120 Å². The van der Waals surface area contributed by atoms with Gasteiger partial charge in [-0.2, -0.15) is 8.78 Å². The number of amides is 1. The molecule has 0 radical (unpaired) electrons. The van der Waals surface area contributed by atoms with E-state index in [4.69, 9.17) is 4.74 Å². The van der Waals surface area contributed by atoms with Crippen LogP contribution < -0.4 is 9.64 Å². The van der Waals surface area contributed by atoms with Gasteiger partial charge in [0.25, 0.3) is 5.91 Å². The Morgan fingerprint density at radius 2 is 1.50 bits per heavy atom. The molecule has 3 nitrogen and oxygen atoms in total. The van der Waals surface area contributed by atoms with Gasteiger partial charge in [0.15, 0.2) is 0 Å². The minimum Gasteiger partial charge on any atom is -0.434 e. The summed E-state index contributed by atoms with van der Waals surface area (Å²) in [6.45, 7) is -0.948. The molecule has 0 spiro atoms. The average Bonchev–Trinajstić information content (AvgIpc) is 3.24. The van der Waals surface area contributed by atoms with Crippen LogP contribution in [0.1, 0.15) is 23.6 Å². The Morgan fingerprint density at radius 3 is 2.25 bits per heavy atom. The van der Waals surface area contributed by atoms with Gasteiger partial charge in [0, 0.05) is 22.9 Å². The number of nitrogens with zero attached hydrogens (tertiary/aromatic N) is 1. The predicted molar refractivity (Wildman–Crippen MR) is 140 cm³/mol. The summed E-state index contributed by atoms with van der Waals surface area (Å²) >= 11 is 0. The number of anilines is 1. The molecule has 0 aliphatic carbocycles. The number of carbonyl (C=O) groups excluding carboxylic acids is 1. The van der Waals surface area contributed by atoms with Crippen LogP contribution in [0.3, 0.4) is 0 Å². The fourth-order valence-electron chi connectivity index (χ4n) is 4.70. The second-order valence-corrected chi connectivity index (χ2v) is 8.77. The number of ether oxygens (including phenoxy) is 1. The molecule has 0 bridgehead atoms. The Hall–Kier alpha value is -4.25. The van der Waals surface area contributed by atoms with Crippen LogP contribution in [0.2, 0.25) is 0 Å². The first-order chi connectivity index (χ1) is 17.5. The maximum absolute atomic E-state index is 14.1. The molecule has 1 amide bonds. The standard InChI is InChI=1S/C31H25F2NO2/c1-21-19-25-11-5-7-13-28(25)34(21)30(35)27(20-26-12-6-8-14-29(26)36-31(32)33)24-17-15-23(16-18-24)22-9-3-2-4-10-22/h2-18,20-21,31H,19H2,1H3/b27-20-/t21-/m1/s1. The number of hydrogen-bond acceptors (Lipinski definition) is 2. The van der Waals surface area contributed by atoms with Crippen molar-refractivity contribution in [1.82, 2.24) is 0 Å². The van der Waals surface area contributed by atoms with E-state index in [9.17, 15) is 13.6 Å². The van der Waals surface area contributed by atoms with E-state index in [1.807, 2.05) is 85.8 Å². The highest BCUT2D eigenvalue weighted by atomic mass is 19.3. The monoisotopic (exact) mass is 481 g/mol. The van der Waals surface area contributed by atoms with E-state index in [1.165, 1.54) is 6.07 Å². The molecule has 0 aromatic heterocycles. The molecule has 1 aliphatic rings. The molecule has 180 valence electrons. The summed E-state index contributed by atoms with van der Waals surface area (Å²) in [6, 6.07) is 32.0. The summed E-state index contributed by atoms with van der Waals surface area (Å²) in [7, 11) is 0. The maximum atomic E-state index is 14.1. The fourth-order valence-corrected chi connectivity index (χ4v) is 4.70. The van der Waals surface area contributed by atoms with Crippen LogP contribution in [0.5, 0.6) is 5.75 Å². The lowest BCUT2D eigenvalue weighted by molar-refractivity contribution is -0.113. The van der Waals surface area contributed by atoms with Gasteiger partial charge in [-0.25, -0.2) is 0 Å². The van der Waals surface area contributed by atoms with Crippen LogP contribution in [-0.2, 0) is 11.2 Å². The third-order valence-electron chi connectivity index (χ3n) is 6.39. The molecule has 36 heavy (non-hydrogen) atoms. The van der Waals surface area contributed by atoms with Crippen molar-refractivity contribution >= 4 is 23.2 Å². The largest absolute Gasteiger partial charge is 0.434 e. The lowest BCUT2D eigenvalue weighted by Gasteiger charge is -2.24. The van der Waals surface area contributed by atoms with Crippen molar-refractivity contribution < 1.29 is 18.3 Å². The molecular formula is C31H25F2NO2. The van der Waals surface area contributed by atoms with Crippen molar-refractivity contribution in [2.24, 2.45) is 0 Å². The van der Waals surface area contributed by atoms with Crippen LogP contribution in [0.25, 0.3) is 22.8 Å². The highest BCUT2D eigenvalue weighted by Crippen LogP contribution is 2.36. The average molecular weight is 482 g/mol. The highest BCUT2D eigenvalue weighted by Gasteiger charge is 2.32. The van der Waals surface area contributed by atoms with E-state index in [-0.39, 0.29) is 17.7 Å². The molecule has 0 fully saturated rings. The van der Waals surface area contributed by atoms with Crippen LogP contribution in [0.15, 0.2) is 103 Å². The van der Waals surface area contributed by atoms with Crippen LogP contribution >= 0.6 is 0 Å². The number of benzene rings is 4. The minimum atomic E-state index is -2.96. The second kappa shape index (κ2) is 10.2. The van der Waals surface area contributed by atoms with Gasteiger partial charge < -0.3 is 9.64 Å². The van der Waals surface area contributed by atoms with Crippen LogP contribution in [0, 0.1) is 0 Å². The van der Waals surface area contributed by atoms with Gasteiger partial charge in [-0.15, -0.1) is 0 Å². The number of carbonyl (C=O) groups is 1. The summed E-state index contributed by atoms with van der Waals surface area (Å²) in [6.07, 6.45) is 2.40. The Balaban J connectivity index is 1.60. The molecule has 5 rings (SSSR count). The quantitative estimate of drug-likeness (QED) is 0.211. The molecule has 4 aromatic rings. The van der Waals surface area contributed by atoms with Gasteiger partial charge in [-0.1, -0.05) is 91.0 Å². The molecule has 0 unspecified atom stereocenters. The molecule has 0 N–H and O–H groups in total. The van der Waals surface area contributed by atoms with Crippen LogP contribution in [0.4, 0.5) is 14.5 Å². The van der Waals surface area contributed by atoms with Crippen molar-refractivity contribution in [2.75, 3.05) is 4.90 Å². The fraction of sp³-hybridized carbons (Fsp3) is 0.129. The zero-order chi connectivity index (χ0) is 25.1. The second-order valence-electron chi connectivity index (χ2n) is 8.77. The maximum Gasteiger partial charge on any atom is 0.387 e. The van der Waals surface area contributed by atoms with Gasteiger partial charge in [0.1, 0.15) is 5.75 Å². The summed E-state index contributed by atoms with van der Waals surface area (Å²) in [5.41, 5.74) is 5.59. The SMILES string of the molecule is C[C@@H]1Cc2ccccc2N1C(=O)/C(=C\c1ccccc1OC(F)F)c1ccc(-c2ccccc2)cc1. The Morgan fingerprint density at radius 1 is 0.861 bits per heavy atom. The lowest BCUT2D eigenvalue weighted by atomic mass is 9.97. The van der Waals surface area contributed by atoms with Gasteiger partial charge in [0.2, 0.25) is 0 Å². The first-order valence-electron chi connectivity index (χ1n) is 11.8. The molecular weight excluding hydrogens is 456 g/mol. The molecule has 1 atom stereocenters. The Bertz CT molecular complexity index is 1400. The minimum absolute atomic E-state index is 0.0218. The third kappa shape index (κ3) is 4.78. The summed E-state index contributed by atoms with van der Waals surface area (Å²) in [5, 5.41) is 0. The van der Waals surface area contributed by atoms with Crippen molar-refractivity contribution in [2.45, 2.75) is 26.0 Å². The zero-order valence-electron chi connectivity index (χ0n) is 19.8. The van der Waals surface area contributed by atoms with Crippen LogP contribution in [-0.4, -0.2) is 18.6 Å². The first kappa shape index (κ1) is 23.5. The van der Waals surface area contributed by atoms with Gasteiger partial charge in [-0.3, -0.25) is 4.79 Å². The number of halogens is 2. The van der Waals surface area contributed by atoms with E-state index in [0.29, 0.717) is 16.7 Å². The van der Waals surface area contributed by atoms with E-state index in [0.717, 1.165) is 28.8 Å². The summed E-state index contributed by atoms with van der Waals surface area (Å²) in [4.78, 5) is 15.9. The smallest absolute Gasteiger partial charge is 0.387 e. The van der Waals surface area contributed by atoms with E-state index < -0.39 is 6.61 Å². The van der Waals surface area contributed by atoms with Gasteiger partial charge >= 0.3 is 6.61 Å².